The third-order valence-electron chi connectivity index (χ3n) is 3.61. The van der Waals surface area contributed by atoms with E-state index in [1.807, 2.05) is 18.2 Å². The zero-order chi connectivity index (χ0) is 15.6. The molecule has 1 heteroatoms. The Morgan fingerprint density at radius 1 is 1.00 bits per heavy atom. The van der Waals surface area contributed by atoms with Crippen molar-refractivity contribution in [3.05, 3.63) is 71.3 Å². The Morgan fingerprint density at radius 3 is 2.59 bits per heavy atom. The van der Waals surface area contributed by atoms with E-state index in [-0.39, 0.29) is 0 Å². The summed E-state index contributed by atoms with van der Waals surface area (Å²) in [6, 6.07) is 16.7. The Morgan fingerprint density at radius 2 is 1.82 bits per heavy atom. The van der Waals surface area contributed by atoms with Gasteiger partial charge < -0.3 is 4.74 Å². The monoisotopic (exact) mass is 294 g/mol. The van der Waals surface area contributed by atoms with Crippen LogP contribution >= 0.6 is 0 Å². The number of hydrogen-bond acceptors (Lipinski definition) is 1. The quantitative estimate of drug-likeness (QED) is 0.529. The van der Waals surface area contributed by atoms with E-state index in [4.69, 9.17) is 4.74 Å². The fourth-order valence-corrected chi connectivity index (χ4v) is 2.43. The first-order chi connectivity index (χ1) is 10.8. The summed E-state index contributed by atoms with van der Waals surface area (Å²) < 4.78 is 5.92. The molecule has 22 heavy (non-hydrogen) atoms. The SMILES string of the molecule is CCCCC/C=C/c1cc(C)cc(OCc2ccccc2)c1. The van der Waals surface area contributed by atoms with Crippen molar-refractivity contribution in [2.24, 2.45) is 0 Å². The van der Waals surface area contributed by atoms with Crippen LogP contribution in [0, 0.1) is 6.92 Å². The molecule has 0 bridgehead atoms. The number of unbranched alkanes of at least 4 members (excludes halogenated alkanes) is 3. The second-order valence-electron chi connectivity index (χ2n) is 5.75. The fourth-order valence-electron chi connectivity index (χ4n) is 2.43. The van der Waals surface area contributed by atoms with Crippen molar-refractivity contribution in [2.45, 2.75) is 46.1 Å². The van der Waals surface area contributed by atoms with Gasteiger partial charge in [-0.25, -0.2) is 0 Å². The average molecular weight is 294 g/mol. The molecule has 0 aliphatic rings. The third-order valence-corrected chi connectivity index (χ3v) is 3.61. The van der Waals surface area contributed by atoms with Gasteiger partial charge >= 0.3 is 0 Å². The third kappa shape index (κ3) is 5.77. The molecule has 0 amide bonds. The fraction of sp³-hybridized carbons (Fsp3) is 0.333. The summed E-state index contributed by atoms with van der Waals surface area (Å²) in [5, 5.41) is 0. The molecular formula is C21H26O. The van der Waals surface area contributed by atoms with Crippen LogP contribution in [0.2, 0.25) is 0 Å². The molecule has 2 rings (SSSR count). The Bertz CT molecular complexity index is 584. The van der Waals surface area contributed by atoms with Gasteiger partial charge in [-0.1, -0.05) is 68.3 Å². The molecule has 0 aromatic heterocycles. The average Bonchev–Trinajstić information content (AvgIpc) is 2.53. The van der Waals surface area contributed by atoms with Gasteiger partial charge in [0.05, 0.1) is 0 Å². The number of aryl methyl sites for hydroxylation is 1. The van der Waals surface area contributed by atoms with E-state index in [2.05, 4.69) is 56.3 Å². The Kier molecular flexibility index (Phi) is 6.76. The van der Waals surface area contributed by atoms with E-state index >= 15 is 0 Å². The van der Waals surface area contributed by atoms with Gasteiger partial charge in [-0.05, 0) is 48.6 Å². The van der Waals surface area contributed by atoms with Gasteiger partial charge in [-0.15, -0.1) is 0 Å². The van der Waals surface area contributed by atoms with E-state index in [1.165, 1.54) is 36.0 Å². The molecule has 0 atom stereocenters. The van der Waals surface area contributed by atoms with Crippen LogP contribution in [0.3, 0.4) is 0 Å². The molecule has 0 saturated carbocycles. The summed E-state index contributed by atoms with van der Waals surface area (Å²) in [7, 11) is 0. The van der Waals surface area contributed by atoms with Crippen LogP contribution in [0.1, 0.15) is 49.3 Å². The lowest BCUT2D eigenvalue weighted by atomic mass is 10.1. The molecule has 0 aliphatic carbocycles. The predicted molar refractivity (Wildman–Crippen MR) is 95.1 cm³/mol. The summed E-state index contributed by atoms with van der Waals surface area (Å²) in [6.07, 6.45) is 9.49. The topological polar surface area (TPSA) is 9.23 Å². The first-order valence-corrected chi connectivity index (χ1v) is 8.23. The summed E-state index contributed by atoms with van der Waals surface area (Å²) in [5.74, 6) is 0.942. The minimum atomic E-state index is 0.615. The maximum Gasteiger partial charge on any atom is 0.120 e. The first kappa shape index (κ1) is 16.4. The predicted octanol–water partition coefficient (Wildman–Crippen LogP) is 6.17. The van der Waals surface area contributed by atoms with E-state index in [9.17, 15) is 0 Å². The van der Waals surface area contributed by atoms with Gasteiger partial charge in [-0.3, -0.25) is 0 Å². The molecule has 116 valence electrons. The Hall–Kier alpha value is -2.02. The normalized spacial score (nSPS) is 11.0. The van der Waals surface area contributed by atoms with Gasteiger partial charge in [0.2, 0.25) is 0 Å². The lowest BCUT2D eigenvalue weighted by Crippen LogP contribution is -1.95. The molecule has 0 spiro atoms. The maximum absolute atomic E-state index is 5.92. The smallest absolute Gasteiger partial charge is 0.120 e. The summed E-state index contributed by atoms with van der Waals surface area (Å²) in [5.41, 5.74) is 3.65. The van der Waals surface area contributed by atoms with Crippen LogP contribution < -0.4 is 4.74 Å². The molecule has 2 aromatic rings. The number of hydrogen-bond donors (Lipinski definition) is 0. The highest BCUT2D eigenvalue weighted by atomic mass is 16.5. The number of ether oxygens (including phenoxy) is 1. The Balaban J connectivity index is 1.94. The second-order valence-corrected chi connectivity index (χ2v) is 5.75. The van der Waals surface area contributed by atoms with Crippen molar-refractivity contribution in [2.75, 3.05) is 0 Å². The molecule has 0 saturated heterocycles. The van der Waals surface area contributed by atoms with E-state index in [0.29, 0.717) is 6.61 Å². The van der Waals surface area contributed by atoms with Crippen LogP contribution in [0.25, 0.3) is 6.08 Å². The highest BCUT2D eigenvalue weighted by Gasteiger charge is 1.99. The van der Waals surface area contributed by atoms with E-state index < -0.39 is 0 Å². The summed E-state index contributed by atoms with van der Waals surface area (Å²) in [4.78, 5) is 0. The van der Waals surface area contributed by atoms with Crippen LogP contribution in [0.4, 0.5) is 0 Å². The molecule has 0 heterocycles. The summed E-state index contributed by atoms with van der Waals surface area (Å²) >= 11 is 0. The van der Waals surface area contributed by atoms with Crippen LogP contribution in [0.5, 0.6) is 5.75 Å². The van der Waals surface area contributed by atoms with Crippen LogP contribution in [-0.4, -0.2) is 0 Å². The zero-order valence-corrected chi connectivity index (χ0v) is 13.7. The minimum absolute atomic E-state index is 0.615. The number of rotatable bonds is 8. The van der Waals surface area contributed by atoms with Crippen molar-refractivity contribution in [3.63, 3.8) is 0 Å². The zero-order valence-electron chi connectivity index (χ0n) is 13.7. The lowest BCUT2D eigenvalue weighted by molar-refractivity contribution is 0.306. The van der Waals surface area contributed by atoms with Crippen LogP contribution in [0.15, 0.2) is 54.6 Å². The second kappa shape index (κ2) is 9.09. The molecule has 0 N–H and O–H groups in total. The lowest BCUT2D eigenvalue weighted by Gasteiger charge is -2.08. The highest BCUT2D eigenvalue weighted by molar-refractivity contribution is 5.53. The van der Waals surface area contributed by atoms with Gasteiger partial charge in [0, 0.05) is 0 Å². The molecular weight excluding hydrogens is 268 g/mol. The maximum atomic E-state index is 5.92. The van der Waals surface area contributed by atoms with Gasteiger partial charge in [-0.2, -0.15) is 0 Å². The van der Waals surface area contributed by atoms with E-state index in [1.54, 1.807) is 0 Å². The molecule has 0 aliphatic heterocycles. The molecule has 0 unspecified atom stereocenters. The standard InChI is InChI=1S/C21H26O/c1-3-4-5-6-8-13-20-14-18(2)15-21(16-20)22-17-19-11-9-7-10-12-19/h7-16H,3-6,17H2,1-2H3/b13-8+. The van der Waals surface area contributed by atoms with Crippen molar-refractivity contribution < 1.29 is 4.74 Å². The highest BCUT2D eigenvalue weighted by Crippen LogP contribution is 2.19. The minimum Gasteiger partial charge on any atom is -0.489 e. The molecule has 2 aromatic carbocycles. The molecule has 0 fully saturated rings. The largest absolute Gasteiger partial charge is 0.489 e. The number of benzene rings is 2. The van der Waals surface area contributed by atoms with Crippen molar-refractivity contribution >= 4 is 6.08 Å². The van der Waals surface area contributed by atoms with Gasteiger partial charge in [0.15, 0.2) is 0 Å². The molecule has 0 radical (unpaired) electrons. The Labute approximate surface area is 134 Å². The molecule has 1 nitrogen and oxygen atoms in total. The van der Waals surface area contributed by atoms with E-state index in [0.717, 1.165) is 12.2 Å². The van der Waals surface area contributed by atoms with Crippen molar-refractivity contribution in [1.82, 2.24) is 0 Å². The van der Waals surface area contributed by atoms with Gasteiger partial charge in [0.1, 0.15) is 12.4 Å². The van der Waals surface area contributed by atoms with Crippen molar-refractivity contribution in [1.29, 1.82) is 0 Å². The van der Waals surface area contributed by atoms with Crippen molar-refractivity contribution in [3.8, 4) is 5.75 Å². The van der Waals surface area contributed by atoms with Crippen LogP contribution in [-0.2, 0) is 6.61 Å². The number of allylic oxidation sites excluding steroid dienone is 1. The first-order valence-electron chi connectivity index (χ1n) is 8.23. The van der Waals surface area contributed by atoms with Gasteiger partial charge in [0.25, 0.3) is 0 Å². The summed E-state index contributed by atoms with van der Waals surface area (Å²) in [6.45, 7) is 4.97.